The smallest absolute Gasteiger partial charge is 0.246 e. The van der Waals surface area contributed by atoms with Gasteiger partial charge in [0, 0.05) is 56.0 Å². The number of carbonyl (C=O) groups excluding carboxylic acids is 1. The molecule has 4 aromatic rings. The molecule has 2 fully saturated rings. The van der Waals surface area contributed by atoms with Crippen molar-refractivity contribution < 1.29 is 13.9 Å². The molecule has 0 bridgehead atoms. The lowest BCUT2D eigenvalue weighted by atomic mass is 9.92. The number of aryl methyl sites for hydroxylation is 2. The van der Waals surface area contributed by atoms with Crippen LogP contribution in [0.25, 0.3) is 22.2 Å². The van der Waals surface area contributed by atoms with Crippen LogP contribution < -0.4 is 10.5 Å². The standard InChI is InChI=1S/C32H32FN7O2/c1-4-28(41)39-15-14-25(24(33)18-39)40-16-21(17-40)8-13-26-29(30-31(34)35-19-36-32(30)38(26)3)22-9-11-23(12-10-22)42-27-7-5-6-20(2)37-27/h4-7,9-12,19,21,24-25H,1,14-18H2,2-3H3,(H2,34,35,36)/t24-,25+/m1/s1. The zero-order chi connectivity index (χ0) is 29.4. The van der Waals surface area contributed by atoms with E-state index in [0.29, 0.717) is 49.1 Å². The predicted octanol–water partition coefficient (Wildman–Crippen LogP) is 4.12. The normalized spacial score (nSPS) is 19.2. The van der Waals surface area contributed by atoms with Crippen LogP contribution in [0, 0.1) is 24.7 Å². The summed E-state index contributed by atoms with van der Waals surface area (Å²) in [5.74, 6) is 8.25. The first-order valence-corrected chi connectivity index (χ1v) is 13.9. The van der Waals surface area contributed by atoms with Gasteiger partial charge in [-0.15, -0.1) is 0 Å². The van der Waals surface area contributed by atoms with Gasteiger partial charge in [0.2, 0.25) is 11.8 Å². The molecule has 0 radical (unpaired) electrons. The topological polar surface area (TPSA) is 102 Å². The monoisotopic (exact) mass is 565 g/mol. The van der Waals surface area contributed by atoms with E-state index in [2.05, 4.69) is 38.3 Å². The number of amides is 1. The van der Waals surface area contributed by atoms with E-state index in [-0.39, 0.29) is 24.4 Å². The molecule has 0 unspecified atom stereocenters. The zero-order valence-electron chi connectivity index (χ0n) is 23.6. The molecule has 6 rings (SSSR count). The molecule has 0 saturated carbocycles. The van der Waals surface area contributed by atoms with Gasteiger partial charge in [0.1, 0.15) is 35.4 Å². The summed E-state index contributed by atoms with van der Waals surface area (Å²) in [4.78, 5) is 28.7. The molecule has 1 aromatic carbocycles. The number of fused-ring (bicyclic) bond motifs is 1. The lowest BCUT2D eigenvalue weighted by molar-refractivity contribution is -0.130. The Hall–Kier alpha value is -4.75. The molecule has 1 amide bonds. The van der Waals surface area contributed by atoms with E-state index in [9.17, 15) is 9.18 Å². The first kappa shape index (κ1) is 27.4. The molecule has 0 spiro atoms. The second-order valence-electron chi connectivity index (χ2n) is 10.8. The fourth-order valence-corrected chi connectivity index (χ4v) is 5.77. The molecule has 2 N–H and O–H groups in total. The maximum atomic E-state index is 14.9. The number of nitrogens with two attached hydrogens (primary N) is 1. The van der Waals surface area contributed by atoms with E-state index in [4.69, 9.17) is 10.5 Å². The minimum Gasteiger partial charge on any atom is -0.439 e. The van der Waals surface area contributed by atoms with Crippen molar-refractivity contribution in [1.29, 1.82) is 0 Å². The van der Waals surface area contributed by atoms with Gasteiger partial charge in [-0.05, 0) is 49.1 Å². The summed E-state index contributed by atoms with van der Waals surface area (Å²) in [5, 5.41) is 0.745. The molecule has 42 heavy (non-hydrogen) atoms. The average molecular weight is 566 g/mol. The number of hydrogen-bond acceptors (Lipinski definition) is 7. The first-order chi connectivity index (χ1) is 20.3. The molecular formula is C32H32FN7O2. The van der Waals surface area contributed by atoms with Crippen molar-refractivity contribution in [1.82, 2.24) is 29.3 Å². The fourth-order valence-electron chi connectivity index (χ4n) is 5.77. The van der Waals surface area contributed by atoms with Gasteiger partial charge in [-0.1, -0.05) is 30.7 Å². The van der Waals surface area contributed by atoms with E-state index < -0.39 is 6.17 Å². The van der Waals surface area contributed by atoms with E-state index >= 15 is 0 Å². The molecule has 214 valence electrons. The number of piperidine rings is 1. The Morgan fingerprint density at radius 3 is 2.67 bits per heavy atom. The summed E-state index contributed by atoms with van der Waals surface area (Å²) < 4.78 is 22.8. The SMILES string of the molecule is C=CC(=O)N1CC[C@H](N2CC(C#Cc3c(-c4ccc(Oc5cccc(C)n5)cc4)c4c(N)ncnc4n3C)C2)[C@H](F)C1. The third kappa shape index (κ3) is 5.19. The fraction of sp³-hybridized carbons (Fsp3) is 0.312. The van der Waals surface area contributed by atoms with Crippen LogP contribution in [0.4, 0.5) is 10.2 Å². The number of pyridine rings is 1. The lowest BCUT2D eigenvalue weighted by Crippen LogP contribution is -2.60. The van der Waals surface area contributed by atoms with Gasteiger partial charge in [0.25, 0.3) is 0 Å². The summed E-state index contributed by atoms with van der Waals surface area (Å²) in [6, 6.07) is 13.2. The van der Waals surface area contributed by atoms with E-state index in [1.807, 2.05) is 61.0 Å². The van der Waals surface area contributed by atoms with Crippen molar-refractivity contribution in [3.05, 3.63) is 72.8 Å². The molecular weight excluding hydrogens is 533 g/mol. The van der Waals surface area contributed by atoms with Gasteiger partial charge >= 0.3 is 0 Å². The highest BCUT2D eigenvalue weighted by Gasteiger charge is 2.39. The average Bonchev–Trinajstić information content (AvgIpc) is 3.25. The number of rotatable bonds is 5. The number of ether oxygens (including phenoxy) is 1. The second kappa shape index (κ2) is 11.3. The van der Waals surface area contributed by atoms with Gasteiger partial charge in [-0.2, -0.15) is 0 Å². The van der Waals surface area contributed by atoms with Crippen LogP contribution in [-0.2, 0) is 11.8 Å². The lowest BCUT2D eigenvalue weighted by Gasteiger charge is -2.46. The third-order valence-electron chi connectivity index (χ3n) is 7.99. The largest absolute Gasteiger partial charge is 0.439 e. The minimum atomic E-state index is -1.09. The van der Waals surface area contributed by atoms with Gasteiger partial charge in [0.15, 0.2) is 0 Å². The number of anilines is 1. The third-order valence-corrected chi connectivity index (χ3v) is 7.99. The number of carbonyl (C=O) groups is 1. The Balaban J connectivity index is 1.23. The Morgan fingerprint density at radius 2 is 1.95 bits per heavy atom. The predicted molar refractivity (Wildman–Crippen MR) is 159 cm³/mol. The van der Waals surface area contributed by atoms with Crippen molar-refractivity contribution in [2.75, 3.05) is 31.9 Å². The second-order valence-corrected chi connectivity index (χ2v) is 10.8. The van der Waals surface area contributed by atoms with Gasteiger partial charge in [0.05, 0.1) is 11.9 Å². The number of hydrogen-bond donors (Lipinski definition) is 1. The Kier molecular flexibility index (Phi) is 7.35. The summed E-state index contributed by atoms with van der Waals surface area (Å²) in [7, 11) is 1.92. The minimum absolute atomic E-state index is 0.107. The number of halogens is 1. The van der Waals surface area contributed by atoms with Crippen LogP contribution in [0.15, 0.2) is 61.4 Å². The van der Waals surface area contributed by atoms with Gasteiger partial charge < -0.3 is 19.9 Å². The quantitative estimate of drug-likeness (QED) is 0.287. The number of benzene rings is 1. The molecule has 5 heterocycles. The van der Waals surface area contributed by atoms with Crippen molar-refractivity contribution in [3.8, 4) is 34.6 Å². The van der Waals surface area contributed by atoms with Crippen LogP contribution >= 0.6 is 0 Å². The summed E-state index contributed by atoms with van der Waals surface area (Å²) in [5.41, 5.74) is 10.5. The van der Waals surface area contributed by atoms with Crippen molar-refractivity contribution >= 4 is 22.8 Å². The highest BCUT2D eigenvalue weighted by Crippen LogP contribution is 2.37. The van der Waals surface area contributed by atoms with E-state index in [0.717, 1.165) is 27.9 Å². The Labute approximate surface area is 243 Å². The van der Waals surface area contributed by atoms with Crippen LogP contribution in [0.2, 0.25) is 0 Å². The van der Waals surface area contributed by atoms with Crippen LogP contribution in [0.5, 0.6) is 11.6 Å². The molecule has 2 aliphatic heterocycles. The zero-order valence-corrected chi connectivity index (χ0v) is 23.6. The Bertz CT molecular complexity index is 1720. The van der Waals surface area contributed by atoms with E-state index in [1.165, 1.54) is 17.3 Å². The molecule has 2 atom stereocenters. The van der Waals surface area contributed by atoms with Crippen LogP contribution in [-0.4, -0.2) is 73.6 Å². The van der Waals surface area contributed by atoms with E-state index in [1.54, 1.807) is 0 Å². The summed E-state index contributed by atoms with van der Waals surface area (Å²) in [6.45, 7) is 7.45. The molecule has 10 heteroatoms. The summed E-state index contributed by atoms with van der Waals surface area (Å²) >= 11 is 0. The molecule has 2 saturated heterocycles. The molecule has 2 aliphatic rings. The number of aromatic nitrogens is 4. The maximum Gasteiger partial charge on any atom is 0.246 e. The molecule has 0 aliphatic carbocycles. The van der Waals surface area contributed by atoms with Gasteiger partial charge in [-0.3, -0.25) is 9.69 Å². The molecule has 9 nitrogen and oxygen atoms in total. The van der Waals surface area contributed by atoms with Crippen LogP contribution in [0.3, 0.4) is 0 Å². The van der Waals surface area contributed by atoms with Crippen molar-refractivity contribution in [2.45, 2.75) is 25.6 Å². The maximum absolute atomic E-state index is 14.9. The molecule has 3 aromatic heterocycles. The van der Waals surface area contributed by atoms with Gasteiger partial charge in [-0.25, -0.2) is 19.3 Å². The highest BCUT2D eigenvalue weighted by molar-refractivity contribution is 6.03. The van der Waals surface area contributed by atoms with Crippen molar-refractivity contribution in [3.63, 3.8) is 0 Å². The summed E-state index contributed by atoms with van der Waals surface area (Å²) in [6.07, 6.45) is 2.21. The number of likely N-dealkylation sites (tertiary alicyclic amines) is 2. The number of nitrogens with zero attached hydrogens (tertiary/aromatic N) is 6. The van der Waals surface area contributed by atoms with Crippen LogP contribution in [0.1, 0.15) is 17.8 Å². The van der Waals surface area contributed by atoms with Crippen molar-refractivity contribution in [2.24, 2.45) is 13.0 Å². The number of alkyl halides is 1. The highest BCUT2D eigenvalue weighted by atomic mass is 19.1. The Morgan fingerprint density at radius 1 is 1.17 bits per heavy atom. The number of nitrogen functional groups attached to an aromatic ring is 1. The first-order valence-electron chi connectivity index (χ1n) is 13.9.